The first-order valence-corrected chi connectivity index (χ1v) is 4.51. The van der Waals surface area contributed by atoms with Gasteiger partial charge in [0.2, 0.25) is 0 Å². The second-order valence-electron chi connectivity index (χ2n) is 3.07. The van der Waals surface area contributed by atoms with Crippen molar-refractivity contribution in [3.8, 4) is 6.07 Å². The molecule has 1 heterocycles. The average molecular weight is 222 g/mol. The van der Waals surface area contributed by atoms with Crippen LogP contribution in [0, 0.1) is 11.3 Å². The summed E-state index contributed by atoms with van der Waals surface area (Å²) in [5.74, 6) is 0. The van der Waals surface area contributed by atoms with Gasteiger partial charge >= 0.3 is 0 Å². The lowest BCUT2D eigenvalue weighted by molar-refractivity contribution is 0.0149. The maximum Gasteiger partial charge on any atom is 0.141 e. The molecule has 0 aliphatic carbocycles. The normalized spacial score (nSPS) is 13.6. The molecule has 8 nitrogen and oxygen atoms in total. The Morgan fingerprint density at radius 2 is 2.44 bits per heavy atom. The van der Waals surface area contributed by atoms with Gasteiger partial charge in [-0.15, -0.1) is 0 Å². The maximum absolute atomic E-state index is 9.69. The van der Waals surface area contributed by atoms with Crippen molar-refractivity contribution in [2.45, 2.75) is 18.6 Å². The number of azide groups is 1. The summed E-state index contributed by atoms with van der Waals surface area (Å²) in [6, 6.07) is 1.81. The summed E-state index contributed by atoms with van der Waals surface area (Å²) in [7, 11) is 0. The van der Waals surface area contributed by atoms with Gasteiger partial charge in [0, 0.05) is 17.0 Å². The molecule has 1 aromatic rings. The van der Waals surface area contributed by atoms with Crippen molar-refractivity contribution in [3.05, 3.63) is 27.9 Å². The molecule has 0 aliphatic rings. The number of H-pyrrole nitrogens is 1. The zero-order valence-electron chi connectivity index (χ0n) is 8.28. The topological polar surface area (TPSA) is 142 Å². The summed E-state index contributed by atoms with van der Waals surface area (Å²) < 4.78 is 0. The summed E-state index contributed by atoms with van der Waals surface area (Å²) in [4.78, 5) is 2.52. The van der Waals surface area contributed by atoms with E-state index in [1.165, 1.54) is 6.20 Å². The van der Waals surface area contributed by atoms with Gasteiger partial charge < -0.3 is 10.2 Å². The number of hydrogen-bond acceptors (Lipinski definition) is 5. The third-order valence-electron chi connectivity index (χ3n) is 2.05. The third-order valence-corrected chi connectivity index (χ3v) is 2.05. The van der Waals surface area contributed by atoms with Crippen LogP contribution in [-0.2, 0) is 0 Å². The van der Waals surface area contributed by atoms with Gasteiger partial charge in [-0.1, -0.05) is 5.11 Å². The van der Waals surface area contributed by atoms with E-state index in [0.29, 0.717) is 0 Å². The molecule has 0 saturated carbocycles. The van der Waals surface area contributed by atoms with Gasteiger partial charge in [0.1, 0.15) is 17.9 Å². The minimum Gasteiger partial charge on any atom is -0.390 e. The first-order valence-electron chi connectivity index (χ1n) is 4.51. The van der Waals surface area contributed by atoms with E-state index in [4.69, 9.17) is 10.8 Å². The smallest absolute Gasteiger partial charge is 0.141 e. The summed E-state index contributed by atoms with van der Waals surface area (Å²) in [6.07, 6.45) is -0.932. The molecule has 0 aliphatic heterocycles. The van der Waals surface area contributed by atoms with Crippen LogP contribution in [0.1, 0.15) is 23.8 Å². The van der Waals surface area contributed by atoms with Crippen molar-refractivity contribution in [2.24, 2.45) is 5.11 Å². The minimum absolute atomic E-state index is 0.0778. The molecule has 3 N–H and O–H groups in total. The maximum atomic E-state index is 9.69. The SMILES string of the molecule is N#Cc1[nH]ncc1C(O)C(O)CCN=[N+]=[N-]. The van der Waals surface area contributed by atoms with Gasteiger partial charge in [-0.25, -0.2) is 0 Å². The van der Waals surface area contributed by atoms with Crippen molar-refractivity contribution in [1.82, 2.24) is 10.2 Å². The molecule has 0 bridgehead atoms. The summed E-state index contributed by atoms with van der Waals surface area (Å²) in [6.45, 7) is 0.0778. The number of nitriles is 1. The Labute approximate surface area is 90.8 Å². The molecule has 0 aromatic carbocycles. The largest absolute Gasteiger partial charge is 0.390 e. The molecule has 0 radical (unpaired) electrons. The van der Waals surface area contributed by atoms with E-state index in [1.54, 1.807) is 0 Å². The molecule has 1 aromatic heterocycles. The number of aliphatic hydroxyl groups is 2. The fourth-order valence-electron chi connectivity index (χ4n) is 1.21. The first kappa shape index (κ1) is 12.0. The average Bonchev–Trinajstić information content (AvgIpc) is 2.76. The Hall–Kier alpha value is -2.07. The summed E-state index contributed by atoms with van der Waals surface area (Å²) >= 11 is 0. The number of nitrogens with zero attached hydrogens (tertiary/aromatic N) is 5. The summed E-state index contributed by atoms with van der Waals surface area (Å²) in [5, 5.41) is 37.1. The Bertz CT molecular complexity index is 430. The molecular formula is C8H10N6O2. The van der Waals surface area contributed by atoms with Crippen LogP contribution >= 0.6 is 0 Å². The number of nitrogens with one attached hydrogen (secondary N) is 1. The Balaban J connectivity index is 2.67. The molecule has 16 heavy (non-hydrogen) atoms. The molecule has 2 unspecified atom stereocenters. The molecule has 8 heteroatoms. The van der Waals surface area contributed by atoms with Crippen molar-refractivity contribution in [1.29, 1.82) is 5.26 Å². The van der Waals surface area contributed by atoms with Crippen molar-refractivity contribution in [2.75, 3.05) is 6.54 Å². The number of rotatable bonds is 5. The molecule has 84 valence electrons. The van der Waals surface area contributed by atoms with Crippen LogP contribution in [0.3, 0.4) is 0 Å². The van der Waals surface area contributed by atoms with Crippen LogP contribution in [0.25, 0.3) is 10.4 Å². The van der Waals surface area contributed by atoms with Gasteiger partial charge in [0.25, 0.3) is 0 Å². The van der Waals surface area contributed by atoms with Crippen molar-refractivity contribution in [3.63, 3.8) is 0 Å². The number of aromatic amines is 1. The Kier molecular flexibility index (Phi) is 4.29. The highest BCUT2D eigenvalue weighted by Gasteiger charge is 2.22. The van der Waals surface area contributed by atoms with Crippen LogP contribution in [0.5, 0.6) is 0 Å². The Morgan fingerprint density at radius 1 is 1.69 bits per heavy atom. The second-order valence-corrected chi connectivity index (χ2v) is 3.07. The fraction of sp³-hybridized carbons (Fsp3) is 0.500. The molecular weight excluding hydrogens is 212 g/mol. The van der Waals surface area contributed by atoms with E-state index < -0.39 is 12.2 Å². The van der Waals surface area contributed by atoms with Crippen LogP contribution < -0.4 is 0 Å². The van der Waals surface area contributed by atoms with Crippen molar-refractivity contribution < 1.29 is 10.2 Å². The molecule has 0 fully saturated rings. The number of aliphatic hydroxyl groups excluding tert-OH is 2. The predicted octanol–water partition coefficient (Wildman–Crippen LogP) is 0.376. The zero-order valence-corrected chi connectivity index (χ0v) is 8.28. The van der Waals surface area contributed by atoms with Crippen molar-refractivity contribution >= 4 is 0 Å². The predicted molar refractivity (Wildman–Crippen MR) is 52.9 cm³/mol. The third kappa shape index (κ3) is 2.71. The van der Waals surface area contributed by atoms with E-state index in [-0.39, 0.29) is 24.2 Å². The van der Waals surface area contributed by atoms with E-state index >= 15 is 0 Å². The van der Waals surface area contributed by atoms with Gasteiger partial charge in [-0.05, 0) is 12.0 Å². The van der Waals surface area contributed by atoms with E-state index in [1.807, 2.05) is 6.07 Å². The Morgan fingerprint density at radius 3 is 3.06 bits per heavy atom. The highest BCUT2D eigenvalue weighted by Crippen LogP contribution is 2.20. The fourth-order valence-corrected chi connectivity index (χ4v) is 1.21. The van der Waals surface area contributed by atoms with Crippen LogP contribution in [-0.4, -0.2) is 33.1 Å². The standard InChI is InChI=1S/C8H10N6O2/c9-3-6-5(4-12-13-6)8(16)7(15)1-2-11-14-10/h4,7-8,15-16H,1-2H2,(H,12,13). The van der Waals surface area contributed by atoms with E-state index in [2.05, 4.69) is 20.2 Å². The van der Waals surface area contributed by atoms with Gasteiger partial charge in [0.15, 0.2) is 0 Å². The molecule has 0 saturated heterocycles. The van der Waals surface area contributed by atoms with Crippen LogP contribution in [0.2, 0.25) is 0 Å². The first-order chi connectivity index (χ1) is 7.70. The lowest BCUT2D eigenvalue weighted by atomic mass is 10.0. The highest BCUT2D eigenvalue weighted by molar-refractivity contribution is 5.30. The van der Waals surface area contributed by atoms with Crippen LogP contribution in [0.15, 0.2) is 11.3 Å². The molecule has 0 amide bonds. The lowest BCUT2D eigenvalue weighted by Gasteiger charge is -2.15. The number of hydrogen-bond donors (Lipinski definition) is 3. The van der Waals surface area contributed by atoms with E-state index in [9.17, 15) is 10.2 Å². The molecule has 2 atom stereocenters. The van der Waals surface area contributed by atoms with Crippen LogP contribution in [0.4, 0.5) is 0 Å². The summed E-state index contributed by atoms with van der Waals surface area (Å²) in [5.41, 5.74) is 8.38. The second kappa shape index (κ2) is 5.72. The minimum atomic E-state index is -1.22. The molecule has 1 rings (SSSR count). The lowest BCUT2D eigenvalue weighted by Crippen LogP contribution is -2.19. The van der Waals surface area contributed by atoms with Gasteiger partial charge in [-0.2, -0.15) is 10.4 Å². The highest BCUT2D eigenvalue weighted by atomic mass is 16.3. The quantitative estimate of drug-likeness (QED) is 0.376. The van der Waals surface area contributed by atoms with E-state index in [0.717, 1.165) is 0 Å². The zero-order chi connectivity index (χ0) is 12.0. The number of aromatic nitrogens is 2. The van der Waals surface area contributed by atoms with Gasteiger partial charge in [0.05, 0.1) is 12.3 Å². The monoisotopic (exact) mass is 222 g/mol. The molecule has 0 spiro atoms. The van der Waals surface area contributed by atoms with Gasteiger partial charge in [-0.3, -0.25) is 5.10 Å².